The lowest BCUT2D eigenvalue weighted by Gasteiger charge is -2.32. The monoisotopic (exact) mass is 529 g/mol. The van der Waals surface area contributed by atoms with Crippen molar-refractivity contribution < 1.29 is 18.0 Å². The van der Waals surface area contributed by atoms with E-state index in [0.29, 0.717) is 23.6 Å². The van der Waals surface area contributed by atoms with Crippen LogP contribution in [-0.4, -0.2) is 55.6 Å². The van der Waals surface area contributed by atoms with Crippen molar-refractivity contribution in [3.8, 4) is 0 Å². The van der Waals surface area contributed by atoms with Crippen LogP contribution >= 0.6 is 11.6 Å². The van der Waals surface area contributed by atoms with Gasteiger partial charge in [0.15, 0.2) is 0 Å². The number of carbonyl (C=O) groups excluding carboxylic acids is 2. The third-order valence-electron chi connectivity index (χ3n) is 6.02. The number of nitrogens with one attached hydrogen (secondary N) is 1. The first-order valence-corrected chi connectivity index (χ1v) is 13.8. The minimum absolute atomic E-state index is 0.0838. The molecule has 0 aliphatic carbocycles. The Balaban J connectivity index is 1.88. The Morgan fingerprint density at radius 1 is 0.972 bits per heavy atom. The lowest BCUT2D eigenvalue weighted by Crippen LogP contribution is -2.51. The molecular weight excluding hydrogens is 498 g/mol. The maximum Gasteiger partial charge on any atom is 0.243 e. The Bertz CT molecular complexity index is 1330. The number of fused-ring (bicyclic) bond motifs is 1. The fourth-order valence-electron chi connectivity index (χ4n) is 3.97. The van der Waals surface area contributed by atoms with Gasteiger partial charge < -0.3 is 10.2 Å². The van der Waals surface area contributed by atoms with Gasteiger partial charge in [-0.1, -0.05) is 74.0 Å². The highest BCUT2D eigenvalue weighted by Gasteiger charge is 2.32. The first kappa shape index (κ1) is 27.6. The molecule has 7 nitrogen and oxygen atoms in total. The molecule has 2 amide bonds. The van der Waals surface area contributed by atoms with E-state index in [2.05, 4.69) is 5.32 Å². The molecule has 0 aliphatic rings. The summed E-state index contributed by atoms with van der Waals surface area (Å²) in [7, 11) is -2.58. The van der Waals surface area contributed by atoms with Crippen LogP contribution in [0.3, 0.4) is 0 Å². The summed E-state index contributed by atoms with van der Waals surface area (Å²) in [6.45, 7) is 3.91. The zero-order chi connectivity index (χ0) is 26.3. The molecule has 36 heavy (non-hydrogen) atoms. The van der Waals surface area contributed by atoms with Crippen molar-refractivity contribution in [2.75, 3.05) is 20.1 Å². The van der Waals surface area contributed by atoms with E-state index in [1.54, 1.807) is 36.4 Å². The van der Waals surface area contributed by atoms with Gasteiger partial charge in [-0.25, -0.2) is 8.42 Å². The van der Waals surface area contributed by atoms with E-state index >= 15 is 0 Å². The van der Waals surface area contributed by atoms with Gasteiger partial charge in [0.25, 0.3) is 0 Å². The van der Waals surface area contributed by atoms with Crippen LogP contribution in [0.15, 0.2) is 71.6 Å². The maximum absolute atomic E-state index is 13.5. The second-order valence-corrected chi connectivity index (χ2v) is 11.1. The van der Waals surface area contributed by atoms with Crippen LogP contribution in [0.5, 0.6) is 0 Å². The number of likely N-dealkylation sites (N-methyl/N-ethyl adjacent to an activating group) is 1. The molecule has 1 N–H and O–H groups in total. The molecule has 3 rings (SSSR count). The number of sulfonamides is 1. The summed E-state index contributed by atoms with van der Waals surface area (Å²) in [5.74, 6) is -0.764. The largest absolute Gasteiger partial charge is 0.354 e. The van der Waals surface area contributed by atoms with Crippen molar-refractivity contribution in [1.82, 2.24) is 14.5 Å². The predicted octanol–water partition coefficient (Wildman–Crippen LogP) is 4.45. The molecule has 0 bridgehead atoms. The first-order valence-electron chi connectivity index (χ1n) is 11.9. The molecule has 0 saturated heterocycles. The number of halogens is 1. The topological polar surface area (TPSA) is 86.8 Å². The summed E-state index contributed by atoms with van der Waals surface area (Å²) in [5.41, 5.74) is 0.675. The van der Waals surface area contributed by atoms with E-state index in [1.807, 2.05) is 38.1 Å². The fourth-order valence-corrected chi connectivity index (χ4v) is 5.32. The highest BCUT2D eigenvalue weighted by atomic mass is 35.5. The van der Waals surface area contributed by atoms with E-state index in [0.717, 1.165) is 21.5 Å². The molecule has 0 aliphatic heterocycles. The van der Waals surface area contributed by atoms with Gasteiger partial charge in [0.05, 0.1) is 11.4 Å². The zero-order valence-corrected chi connectivity index (χ0v) is 22.3. The summed E-state index contributed by atoms with van der Waals surface area (Å²) >= 11 is 6.35. The fraction of sp³-hybridized carbons (Fsp3) is 0.333. The van der Waals surface area contributed by atoms with E-state index < -0.39 is 28.5 Å². The van der Waals surface area contributed by atoms with E-state index in [4.69, 9.17) is 11.6 Å². The number of benzene rings is 3. The first-order chi connectivity index (χ1) is 17.2. The van der Waals surface area contributed by atoms with Crippen LogP contribution < -0.4 is 5.32 Å². The number of hydrogen-bond acceptors (Lipinski definition) is 4. The van der Waals surface area contributed by atoms with E-state index in [1.165, 1.54) is 18.0 Å². The number of rotatable bonds is 11. The number of hydrogen-bond donors (Lipinski definition) is 1. The van der Waals surface area contributed by atoms with Gasteiger partial charge in [0, 0.05) is 25.2 Å². The molecular formula is C27H32ClN3O4S. The van der Waals surface area contributed by atoms with Crippen molar-refractivity contribution in [1.29, 1.82) is 0 Å². The molecule has 0 radical (unpaired) electrons. The Morgan fingerprint density at radius 2 is 1.64 bits per heavy atom. The lowest BCUT2D eigenvalue weighted by molar-refractivity contribution is -0.141. The van der Waals surface area contributed by atoms with Crippen molar-refractivity contribution >= 4 is 44.2 Å². The van der Waals surface area contributed by atoms with Gasteiger partial charge in [0.1, 0.15) is 6.04 Å². The van der Waals surface area contributed by atoms with Gasteiger partial charge in [-0.15, -0.1) is 0 Å². The second-order valence-electron chi connectivity index (χ2n) is 8.60. The summed E-state index contributed by atoms with van der Waals surface area (Å²) < 4.78 is 27.7. The maximum atomic E-state index is 13.5. The average molecular weight is 530 g/mol. The standard InChI is InChI=1S/C27H32ClN3O4S/c1-4-16-29-27(33)25(5-2)31(18-22-12-8-9-13-24(22)28)26(32)19-30(3)36(34,35)23-15-14-20-10-6-7-11-21(20)17-23/h6-15,17,25H,4-5,16,18-19H2,1-3H3,(H,29,33). The molecule has 0 saturated carbocycles. The summed E-state index contributed by atoms with van der Waals surface area (Å²) in [5, 5.41) is 5.03. The second kappa shape index (κ2) is 12.3. The summed E-state index contributed by atoms with van der Waals surface area (Å²) in [4.78, 5) is 28.0. The number of amides is 2. The molecule has 0 spiro atoms. The number of carbonyl (C=O) groups is 2. The Hall–Kier alpha value is -2.94. The molecule has 192 valence electrons. The van der Waals surface area contributed by atoms with Crippen LogP contribution in [0.2, 0.25) is 5.02 Å². The van der Waals surface area contributed by atoms with Crippen LogP contribution in [0.25, 0.3) is 10.8 Å². The number of nitrogens with zero attached hydrogens (tertiary/aromatic N) is 2. The minimum Gasteiger partial charge on any atom is -0.354 e. The predicted molar refractivity (Wildman–Crippen MR) is 143 cm³/mol. The minimum atomic E-state index is -3.95. The molecule has 3 aromatic rings. The normalized spacial score (nSPS) is 12.5. The molecule has 0 fully saturated rings. The van der Waals surface area contributed by atoms with Gasteiger partial charge in [-0.2, -0.15) is 4.31 Å². The summed E-state index contributed by atoms with van der Waals surface area (Å²) in [6.07, 6.45) is 1.13. The molecule has 1 unspecified atom stereocenters. The highest BCUT2D eigenvalue weighted by Crippen LogP contribution is 2.23. The quantitative estimate of drug-likeness (QED) is 0.397. The van der Waals surface area contributed by atoms with Crippen LogP contribution in [0.1, 0.15) is 32.3 Å². The van der Waals surface area contributed by atoms with Crippen molar-refractivity contribution in [3.05, 3.63) is 77.3 Å². The lowest BCUT2D eigenvalue weighted by atomic mass is 10.1. The van der Waals surface area contributed by atoms with Gasteiger partial charge in [0.2, 0.25) is 21.8 Å². The van der Waals surface area contributed by atoms with E-state index in [9.17, 15) is 18.0 Å². The highest BCUT2D eigenvalue weighted by molar-refractivity contribution is 7.89. The molecule has 9 heteroatoms. The molecule has 0 heterocycles. The zero-order valence-electron chi connectivity index (χ0n) is 20.8. The molecule has 1 atom stereocenters. The van der Waals surface area contributed by atoms with Crippen molar-refractivity contribution in [2.24, 2.45) is 0 Å². The molecule has 3 aromatic carbocycles. The van der Waals surface area contributed by atoms with Crippen LogP contribution in [-0.2, 0) is 26.2 Å². The Labute approximate surface area is 218 Å². The summed E-state index contributed by atoms with van der Waals surface area (Å²) in [6, 6.07) is 18.7. The Morgan fingerprint density at radius 3 is 2.31 bits per heavy atom. The van der Waals surface area contributed by atoms with Gasteiger partial charge >= 0.3 is 0 Å². The van der Waals surface area contributed by atoms with Gasteiger partial charge in [-0.3, -0.25) is 9.59 Å². The van der Waals surface area contributed by atoms with Gasteiger partial charge in [-0.05, 0) is 47.4 Å². The average Bonchev–Trinajstić information content (AvgIpc) is 2.87. The van der Waals surface area contributed by atoms with Crippen LogP contribution in [0, 0.1) is 0 Å². The van der Waals surface area contributed by atoms with Crippen LogP contribution in [0.4, 0.5) is 0 Å². The smallest absolute Gasteiger partial charge is 0.243 e. The van der Waals surface area contributed by atoms with E-state index in [-0.39, 0.29) is 17.3 Å². The SMILES string of the molecule is CCCNC(=O)C(CC)N(Cc1ccccc1Cl)C(=O)CN(C)S(=O)(=O)c1ccc2ccccc2c1. The third-order valence-corrected chi connectivity index (χ3v) is 8.19. The molecule has 0 aromatic heterocycles. The van der Waals surface area contributed by atoms with Crippen molar-refractivity contribution in [3.63, 3.8) is 0 Å². The third kappa shape index (κ3) is 6.43. The Kier molecular flexibility index (Phi) is 9.48. The van der Waals surface area contributed by atoms with Crippen molar-refractivity contribution in [2.45, 2.75) is 44.2 Å².